The molecule has 0 radical (unpaired) electrons. The summed E-state index contributed by atoms with van der Waals surface area (Å²) >= 11 is 5.86. The molecule has 0 spiro atoms. The molecule has 2 aromatic carbocycles. The number of hydrogen-bond acceptors (Lipinski definition) is 2. The lowest BCUT2D eigenvalue weighted by molar-refractivity contribution is 0.224. The van der Waals surface area contributed by atoms with Crippen molar-refractivity contribution in [1.29, 1.82) is 0 Å². The molecule has 1 atom stereocenters. The normalized spacial score (nSPS) is 11.7. The number of aliphatic hydroxyl groups is 1. The molecule has 21 heavy (non-hydrogen) atoms. The Kier molecular flexibility index (Phi) is 5.60. The maximum Gasteiger partial charge on any atom is 0.319 e. The average Bonchev–Trinajstić information content (AvgIpc) is 2.47. The molecule has 3 N–H and O–H groups in total. The third-order valence-electron chi connectivity index (χ3n) is 2.96. The molecule has 0 saturated heterocycles. The van der Waals surface area contributed by atoms with Crippen molar-refractivity contribution >= 4 is 23.3 Å². The van der Waals surface area contributed by atoms with E-state index >= 15 is 0 Å². The Balaban J connectivity index is 1.90. The van der Waals surface area contributed by atoms with Gasteiger partial charge < -0.3 is 15.7 Å². The molecule has 2 amide bonds. The number of halogens is 1. The fourth-order valence-electron chi connectivity index (χ4n) is 1.98. The fraction of sp³-hybridized carbons (Fsp3) is 0.188. The summed E-state index contributed by atoms with van der Waals surface area (Å²) in [6, 6.07) is 15.9. The van der Waals surface area contributed by atoms with Gasteiger partial charge in [-0.1, -0.05) is 48.0 Å². The largest absolute Gasteiger partial charge is 0.394 e. The van der Waals surface area contributed by atoms with Crippen molar-refractivity contribution < 1.29 is 9.90 Å². The van der Waals surface area contributed by atoms with E-state index in [9.17, 15) is 9.90 Å². The summed E-state index contributed by atoms with van der Waals surface area (Å²) in [6.07, 6.45) is 0.570. The van der Waals surface area contributed by atoms with Gasteiger partial charge >= 0.3 is 6.03 Å². The Morgan fingerprint density at radius 1 is 1.14 bits per heavy atom. The second-order valence-corrected chi connectivity index (χ2v) is 5.11. The van der Waals surface area contributed by atoms with Crippen LogP contribution in [-0.4, -0.2) is 23.8 Å². The van der Waals surface area contributed by atoms with Gasteiger partial charge in [-0.3, -0.25) is 0 Å². The van der Waals surface area contributed by atoms with Crippen molar-refractivity contribution in [3.05, 3.63) is 65.2 Å². The van der Waals surface area contributed by atoms with E-state index in [0.29, 0.717) is 17.1 Å². The van der Waals surface area contributed by atoms with Crippen molar-refractivity contribution in [3.8, 4) is 0 Å². The van der Waals surface area contributed by atoms with E-state index in [1.165, 1.54) is 0 Å². The van der Waals surface area contributed by atoms with Gasteiger partial charge in [-0.2, -0.15) is 0 Å². The smallest absolute Gasteiger partial charge is 0.319 e. The fourth-order valence-corrected chi connectivity index (χ4v) is 2.17. The predicted octanol–water partition coefficient (Wildman–Crippen LogP) is 3.07. The van der Waals surface area contributed by atoms with Crippen molar-refractivity contribution in [2.75, 3.05) is 11.9 Å². The van der Waals surface area contributed by atoms with Crippen LogP contribution >= 0.6 is 11.6 Å². The first-order valence-electron chi connectivity index (χ1n) is 6.65. The molecular formula is C16H17ClN2O2. The van der Waals surface area contributed by atoms with Gasteiger partial charge in [-0.15, -0.1) is 0 Å². The van der Waals surface area contributed by atoms with Gasteiger partial charge in [-0.05, 0) is 30.2 Å². The van der Waals surface area contributed by atoms with Gasteiger partial charge in [0.1, 0.15) is 0 Å². The highest BCUT2D eigenvalue weighted by molar-refractivity contribution is 6.30. The summed E-state index contributed by atoms with van der Waals surface area (Å²) in [5.74, 6) is 0. The molecule has 0 saturated carbocycles. The van der Waals surface area contributed by atoms with Crippen LogP contribution in [-0.2, 0) is 6.42 Å². The lowest BCUT2D eigenvalue weighted by atomic mass is 10.1. The molecule has 0 bridgehead atoms. The highest BCUT2D eigenvalue weighted by Gasteiger charge is 2.12. The maximum atomic E-state index is 11.9. The molecule has 0 fully saturated rings. The van der Waals surface area contributed by atoms with Crippen LogP contribution in [0.1, 0.15) is 5.56 Å². The first-order chi connectivity index (χ1) is 10.2. The van der Waals surface area contributed by atoms with E-state index in [1.54, 1.807) is 24.3 Å². The Morgan fingerprint density at radius 3 is 2.57 bits per heavy atom. The molecule has 5 heteroatoms. The number of benzene rings is 2. The molecule has 110 valence electrons. The maximum absolute atomic E-state index is 11.9. The van der Waals surface area contributed by atoms with Crippen LogP contribution in [0.3, 0.4) is 0 Å². The molecule has 0 heterocycles. The van der Waals surface area contributed by atoms with Gasteiger partial charge in [-0.25, -0.2) is 4.79 Å². The number of nitrogens with one attached hydrogen (secondary N) is 2. The molecular weight excluding hydrogens is 288 g/mol. The zero-order valence-corrected chi connectivity index (χ0v) is 12.2. The van der Waals surface area contributed by atoms with E-state index in [4.69, 9.17) is 11.6 Å². The molecule has 0 aliphatic heterocycles. The minimum atomic E-state index is -0.368. The molecule has 0 aromatic heterocycles. The summed E-state index contributed by atoms with van der Waals surface area (Å²) in [4.78, 5) is 11.9. The second-order valence-electron chi connectivity index (χ2n) is 4.68. The zero-order valence-electron chi connectivity index (χ0n) is 11.4. The van der Waals surface area contributed by atoms with E-state index in [2.05, 4.69) is 10.6 Å². The number of rotatable bonds is 5. The van der Waals surface area contributed by atoms with Gasteiger partial charge in [0.15, 0.2) is 0 Å². The van der Waals surface area contributed by atoms with Gasteiger partial charge in [0, 0.05) is 10.7 Å². The SMILES string of the molecule is O=C(Nc1cccc(Cl)c1)N[C@@H](CO)Cc1ccccc1. The highest BCUT2D eigenvalue weighted by atomic mass is 35.5. The Hall–Kier alpha value is -2.04. The quantitative estimate of drug-likeness (QED) is 0.795. The number of carbonyl (C=O) groups is 1. The van der Waals surface area contributed by atoms with E-state index < -0.39 is 0 Å². The highest BCUT2D eigenvalue weighted by Crippen LogP contribution is 2.14. The third kappa shape index (κ3) is 5.10. The van der Waals surface area contributed by atoms with Crippen molar-refractivity contribution in [3.63, 3.8) is 0 Å². The van der Waals surface area contributed by atoms with Crippen LogP contribution in [0.2, 0.25) is 5.02 Å². The lowest BCUT2D eigenvalue weighted by Gasteiger charge is -2.17. The molecule has 0 aliphatic carbocycles. The molecule has 0 aliphatic rings. The lowest BCUT2D eigenvalue weighted by Crippen LogP contribution is -2.41. The van der Waals surface area contributed by atoms with E-state index in [1.807, 2.05) is 30.3 Å². The Labute approximate surface area is 128 Å². The second kappa shape index (κ2) is 7.67. The minimum Gasteiger partial charge on any atom is -0.394 e. The third-order valence-corrected chi connectivity index (χ3v) is 3.20. The number of carbonyl (C=O) groups excluding carboxylic acids is 1. The average molecular weight is 305 g/mol. The zero-order chi connectivity index (χ0) is 15.1. The topological polar surface area (TPSA) is 61.4 Å². The summed E-state index contributed by atoms with van der Waals surface area (Å²) < 4.78 is 0. The Morgan fingerprint density at radius 2 is 1.90 bits per heavy atom. The van der Waals surface area contributed by atoms with Gasteiger partial charge in [0.05, 0.1) is 12.6 Å². The predicted molar refractivity (Wildman–Crippen MR) is 84.6 cm³/mol. The number of hydrogen-bond donors (Lipinski definition) is 3. The standard InChI is InChI=1S/C16H17ClN2O2/c17-13-7-4-8-14(10-13)18-16(21)19-15(11-20)9-12-5-2-1-3-6-12/h1-8,10,15,20H,9,11H2,(H2,18,19,21)/t15-/m1/s1. The number of aliphatic hydroxyl groups excluding tert-OH is 1. The summed E-state index contributed by atoms with van der Waals surface area (Å²) in [5, 5.41) is 15.4. The Bertz CT molecular complexity index is 590. The monoisotopic (exact) mass is 304 g/mol. The van der Waals surface area contributed by atoms with Crippen LogP contribution < -0.4 is 10.6 Å². The van der Waals surface area contributed by atoms with E-state index in [-0.39, 0.29) is 18.7 Å². The number of urea groups is 1. The van der Waals surface area contributed by atoms with Crippen LogP contribution in [0.4, 0.5) is 10.5 Å². The van der Waals surface area contributed by atoms with Crippen LogP contribution in [0.5, 0.6) is 0 Å². The molecule has 2 aromatic rings. The molecule has 4 nitrogen and oxygen atoms in total. The van der Waals surface area contributed by atoms with Crippen molar-refractivity contribution in [2.24, 2.45) is 0 Å². The summed E-state index contributed by atoms with van der Waals surface area (Å²) in [6.45, 7) is -0.127. The van der Waals surface area contributed by atoms with Gasteiger partial charge in [0.2, 0.25) is 0 Å². The number of amides is 2. The van der Waals surface area contributed by atoms with Gasteiger partial charge in [0.25, 0.3) is 0 Å². The first kappa shape index (κ1) is 15.4. The first-order valence-corrected chi connectivity index (χ1v) is 7.03. The van der Waals surface area contributed by atoms with Crippen LogP contribution in [0.25, 0.3) is 0 Å². The number of anilines is 1. The van der Waals surface area contributed by atoms with E-state index in [0.717, 1.165) is 5.56 Å². The molecule has 0 unspecified atom stereocenters. The van der Waals surface area contributed by atoms with Crippen molar-refractivity contribution in [1.82, 2.24) is 5.32 Å². The van der Waals surface area contributed by atoms with Crippen LogP contribution in [0, 0.1) is 0 Å². The summed E-state index contributed by atoms with van der Waals surface area (Å²) in [5.41, 5.74) is 1.66. The molecule has 2 rings (SSSR count). The van der Waals surface area contributed by atoms with Crippen molar-refractivity contribution in [2.45, 2.75) is 12.5 Å². The minimum absolute atomic E-state index is 0.127. The van der Waals surface area contributed by atoms with Crippen LogP contribution in [0.15, 0.2) is 54.6 Å². The summed E-state index contributed by atoms with van der Waals surface area (Å²) in [7, 11) is 0.